The molecular formula is C17H25FN2O3. The van der Waals surface area contributed by atoms with Crippen LogP contribution in [0.1, 0.15) is 30.9 Å². The summed E-state index contributed by atoms with van der Waals surface area (Å²) in [6.07, 6.45) is -1.36. The van der Waals surface area contributed by atoms with E-state index in [4.69, 9.17) is 0 Å². The van der Waals surface area contributed by atoms with Gasteiger partial charge in [0.1, 0.15) is 12.3 Å². The summed E-state index contributed by atoms with van der Waals surface area (Å²) >= 11 is 0. The van der Waals surface area contributed by atoms with Crippen LogP contribution < -0.4 is 10.6 Å². The lowest BCUT2D eigenvalue weighted by atomic mass is 9.98. The van der Waals surface area contributed by atoms with Gasteiger partial charge in [0.05, 0.1) is 6.61 Å². The van der Waals surface area contributed by atoms with E-state index in [1.165, 1.54) is 0 Å². The summed E-state index contributed by atoms with van der Waals surface area (Å²) in [5, 5.41) is 25.1. The highest BCUT2D eigenvalue weighted by Crippen LogP contribution is 2.24. The number of hydrogen-bond acceptors (Lipinski definition) is 4. The van der Waals surface area contributed by atoms with Crippen molar-refractivity contribution in [2.24, 2.45) is 0 Å². The maximum absolute atomic E-state index is 14.2. The second kappa shape index (κ2) is 8.38. The van der Waals surface area contributed by atoms with Gasteiger partial charge in [-0.25, -0.2) is 4.39 Å². The molecule has 2 rings (SSSR count). The van der Waals surface area contributed by atoms with E-state index < -0.39 is 24.4 Å². The molecule has 5 nitrogen and oxygen atoms in total. The van der Waals surface area contributed by atoms with Gasteiger partial charge in [0.2, 0.25) is 5.91 Å². The Hall–Kier alpha value is -1.50. The Bertz CT molecular complexity index is 526. The van der Waals surface area contributed by atoms with Crippen LogP contribution in [0, 0.1) is 0 Å². The van der Waals surface area contributed by atoms with Gasteiger partial charge in [-0.05, 0) is 30.9 Å². The van der Waals surface area contributed by atoms with Gasteiger partial charge in [0.25, 0.3) is 0 Å². The Balaban J connectivity index is 1.92. The van der Waals surface area contributed by atoms with Crippen LogP contribution in [0.15, 0.2) is 24.3 Å². The van der Waals surface area contributed by atoms with Crippen LogP contribution in [0.3, 0.4) is 0 Å². The fourth-order valence-electron chi connectivity index (χ4n) is 3.09. The van der Waals surface area contributed by atoms with Crippen LogP contribution in [0.25, 0.3) is 0 Å². The molecular weight excluding hydrogens is 299 g/mol. The quantitative estimate of drug-likeness (QED) is 0.594. The number of carbonyl (C=O) groups excluding carboxylic acids is 1. The van der Waals surface area contributed by atoms with Gasteiger partial charge < -0.3 is 20.8 Å². The highest BCUT2D eigenvalue weighted by Gasteiger charge is 2.42. The normalized spacial score (nSPS) is 27.1. The molecule has 1 amide bonds. The first-order chi connectivity index (χ1) is 11.1. The zero-order valence-electron chi connectivity index (χ0n) is 13.3. The second-order valence-corrected chi connectivity index (χ2v) is 5.94. The van der Waals surface area contributed by atoms with Gasteiger partial charge >= 0.3 is 0 Å². The van der Waals surface area contributed by atoms with Crippen LogP contribution in [0.2, 0.25) is 0 Å². The van der Waals surface area contributed by atoms with E-state index in [0.29, 0.717) is 19.4 Å². The molecule has 1 aromatic carbocycles. The zero-order valence-corrected chi connectivity index (χ0v) is 13.3. The van der Waals surface area contributed by atoms with Crippen molar-refractivity contribution in [3.8, 4) is 0 Å². The first-order valence-electron chi connectivity index (χ1n) is 8.09. The van der Waals surface area contributed by atoms with Gasteiger partial charge in [0.15, 0.2) is 0 Å². The molecule has 0 radical (unpaired) electrons. The molecule has 1 fully saturated rings. The molecule has 0 saturated carbocycles. The molecule has 1 aromatic rings. The van der Waals surface area contributed by atoms with E-state index in [1.54, 1.807) is 0 Å². The summed E-state index contributed by atoms with van der Waals surface area (Å²) in [6, 6.07) is 6.47. The van der Waals surface area contributed by atoms with Gasteiger partial charge in [-0.15, -0.1) is 0 Å². The van der Waals surface area contributed by atoms with Crippen LogP contribution >= 0.6 is 0 Å². The number of amides is 1. The lowest BCUT2D eigenvalue weighted by Gasteiger charge is -2.16. The average Bonchev–Trinajstić information content (AvgIpc) is 2.81. The summed E-state index contributed by atoms with van der Waals surface area (Å²) in [5.41, 5.74) is 1.84. The summed E-state index contributed by atoms with van der Waals surface area (Å²) < 4.78 is 14.2. The molecule has 1 aliphatic heterocycles. The number of benzene rings is 1. The van der Waals surface area contributed by atoms with Crippen LogP contribution in [-0.2, 0) is 17.8 Å². The highest BCUT2D eigenvalue weighted by atomic mass is 19.1. The van der Waals surface area contributed by atoms with Crippen LogP contribution in [0.4, 0.5) is 4.39 Å². The van der Waals surface area contributed by atoms with Gasteiger partial charge in [0, 0.05) is 25.0 Å². The monoisotopic (exact) mass is 324 g/mol. The second-order valence-electron chi connectivity index (χ2n) is 5.94. The first kappa shape index (κ1) is 17.8. The lowest BCUT2D eigenvalue weighted by molar-refractivity contribution is -0.121. The average molecular weight is 324 g/mol. The number of rotatable bonds is 7. The molecule has 4 atom stereocenters. The summed E-state index contributed by atoms with van der Waals surface area (Å²) in [5.74, 6) is -0.217. The number of hydrogen-bond donors (Lipinski definition) is 4. The fourth-order valence-corrected chi connectivity index (χ4v) is 3.09. The third kappa shape index (κ3) is 4.50. The van der Waals surface area contributed by atoms with E-state index in [2.05, 4.69) is 10.6 Å². The van der Waals surface area contributed by atoms with Crippen molar-refractivity contribution < 1.29 is 19.4 Å². The van der Waals surface area contributed by atoms with Crippen molar-refractivity contribution in [2.75, 3.05) is 6.54 Å². The highest BCUT2D eigenvalue weighted by molar-refractivity contribution is 5.76. The SMILES string of the molecule is CCNC(=O)C[C@H]1N[C@H](CCc2ccccc2CO)[C@@H](O)[C@H]1F. The number of aliphatic hydroxyl groups excluding tert-OH is 2. The predicted molar refractivity (Wildman–Crippen MR) is 85.6 cm³/mol. The Kier molecular flexibility index (Phi) is 6.50. The molecule has 128 valence electrons. The Morgan fingerprint density at radius 3 is 2.65 bits per heavy atom. The van der Waals surface area contributed by atoms with Gasteiger partial charge in [-0.1, -0.05) is 24.3 Å². The third-order valence-corrected chi connectivity index (χ3v) is 4.34. The molecule has 1 heterocycles. The largest absolute Gasteiger partial charge is 0.392 e. The molecule has 23 heavy (non-hydrogen) atoms. The standard InChI is InChI=1S/C17H25FN2O3/c1-2-19-15(22)9-14-16(18)17(23)13(20-14)8-7-11-5-3-4-6-12(11)10-21/h3-6,13-14,16-17,20-21,23H,2,7-10H2,1H3,(H,19,22)/t13-,14-,16+,17-/m1/s1. The molecule has 0 spiro atoms. The number of halogens is 1. The molecule has 1 aliphatic rings. The fraction of sp³-hybridized carbons (Fsp3) is 0.588. The Morgan fingerprint density at radius 2 is 2.00 bits per heavy atom. The van der Waals surface area contributed by atoms with Crippen molar-refractivity contribution in [1.29, 1.82) is 0 Å². The van der Waals surface area contributed by atoms with Crippen molar-refractivity contribution in [3.05, 3.63) is 35.4 Å². The molecule has 6 heteroatoms. The number of alkyl halides is 1. The summed E-state index contributed by atoms with van der Waals surface area (Å²) in [4.78, 5) is 11.6. The molecule has 1 saturated heterocycles. The number of aryl methyl sites for hydroxylation is 1. The van der Waals surface area contributed by atoms with E-state index in [0.717, 1.165) is 11.1 Å². The van der Waals surface area contributed by atoms with E-state index in [-0.39, 0.29) is 18.9 Å². The van der Waals surface area contributed by atoms with E-state index >= 15 is 0 Å². The first-order valence-corrected chi connectivity index (χ1v) is 8.09. The zero-order chi connectivity index (χ0) is 16.8. The molecule has 0 aliphatic carbocycles. The van der Waals surface area contributed by atoms with Crippen molar-refractivity contribution in [2.45, 2.75) is 57.2 Å². The lowest BCUT2D eigenvalue weighted by Crippen LogP contribution is -2.37. The number of carbonyl (C=O) groups is 1. The topological polar surface area (TPSA) is 81.6 Å². The maximum atomic E-state index is 14.2. The smallest absolute Gasteiger partial charge is 0.221 e. The molecule has 0 bridgehead atoms. The van der Waals surface area contributed by atoms with Gasteiger partial charge in [-0.3, -0.25) is 4.79 Å². The number of aliphatic hydroxyl groups is 2. The molecule has 4 N–H and O–H groups in total. The third-order valence-electron chi connectivity index (χ3n) is 4.34. The minimum absolute atomic E-state index is 0.0236. The van der Waals surface area contributed by atoms with Gasteiger partial charge in [-0.2, -0.15) is 0 Å². The Morgan fingerprint density at radius 1 is 1.30 bits per heavy atom. The summed E-state index contributed by atoms with van der Waals surface area (Å²) in [7, 11) is 0. The minimum Gasteiger partial charge on any atom is -0.392 e. The van der Waals surface area contributed by atoms with Crippen molar-refractivity contribution >= 4 is 5.91 Å². The number of nitrogens with one attached hydrogen (secondary N) is 2. The van der Waals surface area contributed by atoms with Crippen molar-refractivity contribution in [1.82, 2.24) is 10.6 Å². The minimum atomic E-state index is -1.45. The maximum Gasteiger partial charge on any atom is 0.221 e. The molecule has 0 unspecified atom stereocenters. The van der Waals surface area contributed by atoms with Crippen LogP contribution in [-0.4, -0.2) is 47.0 Å². The Labute approximate surface area is 135 Å². The van der Waals surface area contributed by atoms with E-state index in [9.17, 15) is 19.4 Å². The molecule has 0 aromatic heterocycles. The predicted octanol–water partition coefficient (Wildman–Crippen LogP) is 0.677. The van der Waals surface area contributed by atoms with E-state index in [1.807, 2.05) is 31.2 Å². The summed E-state index contributed by atoms with van der Waals surface area (Å²) in [6.45, 7) is 2.28. The van der Waals surface area contributed by atoms with Crippen LogP contribution in [0.5, 0.6) is 0 Å². The van der Waals surface area contributed by atoms with Crippen molar-refractivity contribution in [3.63, 3.8) is 0 Å².